The number of carbonyl (C=O) groups excluding carboxylic acids is 2. The number of nitrogens with one attached hydrogen (secondary N) is 1. The molecule has 11 heteroatoms. The second kappa shape index (κ2) is 12.8. The summed E-state index contributed by atoms with van der Waals surface area (Å²) >= 11 is 2.54. The zero-order valence-corrected chi connectivity index (χ0v) is 24.1. The van der Waals surface area contributed by atoms with Gasteiger partial charge in [-0.2, -0.15) is 0 Å². The lowest BCUT2D eigenvalue weighted by atomic mass is 10.0. The van der Waals surface area contributed by atoms with Crippen molar-refractivity contribution in [2.75, 3.05) is 25.3 Å². The molecule has 4 aromatic rings. The first-order valence-electron chi connectivity index (χ1n) is 12.2. The molecule has 0 aliphatic heterocycles. The van der Waals surface area contributed by atoms with E-state index in [0.29, 0.717) is 39.4 Å². The third kappa shape index (κ3) is 6.61. The van der Waals surface area contributed by atoms with E-state index in [1.165, 1.54) is 35.8 Å². The Morgan fingerprint density at radius 1 is 1.03 bits per heavy atom. The molecule has 0 saturated heterocycles. The van der Waals surface area contributed by atoms with Gasteiger partial charge in [0.25, 0.3) is 0 Å². The van der Waals surface area contributed by atoms with Crippen molar-refractivity contribution >= 4 is 40.0 Å². The van der Waals surface area contributed by atoms with Gasteiger partial charge >= 0.3 is 5.97 Å². The van der Waals surface area contributed by atoms with Gasteiger partial charge in [-0.1, -0.05) is 30.0 Å². The van der Waals surface area contributed by atoms with Gasteiger partial charge in [0, 0.05) is 17.5 Å². The second-order valence-electron chi connectivity index (χ2n) is 8.59. The van der Waals surface area contributed by atoms with E-state index in [-0.39, 0.29) is 18.3 Å². The normalized spacial score (nSPS) is 10.8. The van der Waals surface area contributed by atoms with Crippen LogP contribution in [0.5, 0.6) is 11.5 Å². The van der Waals surface area contributed by atoms with Gasteiger partial charge in [0.2, 0.25) is 5.91 Å². The van der Waals surface area contributed by atoms with Gasteiger partial charge in [0.1, 0.15) is 28.7 Å². The first-order chi connectivity index (χ1) is 18.8. The number of methoxy groups -OCH3 is 2. The number of amides is 1. The van der Waals surface area contributed by atoms with Crippen molar-refractivity contribution in [3.63, 3.8) is 0 Å². The molecule has 0 atom stereocenters. The van der Waals surface area contributed by atoms with Crippen LogP contribution in [-0.2, 0) is 22.7 Å². The molecule has 2 aromatic heterocycles. The Morgan fingerprint density at radius 2 is 1.77 bits per heavy atom. The number of rotatable bonds is 11. The van der Waals surface area contributed by atoms with Crippen LogP contribution < -0.4 is 14.8 Å². The molecule has 0 radical (unpaired) electrons. The van der Waals surface area contributed by atoms with Gasteiger partial charge in [0.05, 0.1) is 20.0 Å². The minimum Gasteiger partial charge on any atom is -0.497 e. The summed E-state index contributed by atoms with van der Waals surface area (Å²) in [4.78, 5) is 25.5. The van der Waals surface area contributed by atoms with E-state index < -0.39 is 5.97 Å². The van der Waals surface area contributed by atoms with Gasteiger partial charge < -0.3 is 24.1 Å². The van der Waals surface area contributed by atoms with Crippen molar-refractivity contribution in [1.29, 1.82) is 0 Å². The fourth-order valence-electron chi connectivity index (χ4n) is 3.83. The fraction of sp³-hybridized carbons (Fsp3) is 0.286. The molecule has 4 rings (SSSR count). The van der Waals surface area contributed by atoms with Crippen LogP contribution >= 0.6 is 23.1 Å². The summed E-state index contributed by atoms with van der Waals surface area (Å²) in [7, 11) is 2.91. The van der Waals surface area contributed by atoms with Crippen LogP contribution in [0.15, 0.2) is 53.0 Å². The fourth-order valence-corrected chi connectivity index (χ4v) is 5.63. The summed E-state index contributed by atoms with van der Waals surface area (Å²) in [5.74, 6) is 1.44. The van der Waals surface area contributed by atoms with E-state index in [2.05, 4.69) is 22.4 Å². The van der Waals surface area contributed by atoms with Gasteiger partial charge in [-0.3, -0.25) is 4.79 Å². The number of hydrogen-bond acceptors (Lipinski definition) is 9. The number of hydrogen-bond donors (Lipinski definition) is 1. The van der Waals surface area contributed by atoms with E-state index in [1.807, 2.05) is 66.3 Å². The quantitative estimate of drug-likeness (QED) is 0.181. The Bertz CT molecular complexity index is 1460. The van der Waals surface area contributed by atoms with E-state index in [9.17, 15) is 9.59 Å². The van der Waals surface area contributed by atoms with E-state index >= 15 is 0 Å². The minimum absolute atomic E-state index is 0.0898. The highest BCUT2D eigenvalue weighted by molar-refractivity contribution is 7.99. The highest BCUT2D eigenvalue weighted by Gasteiger charge is 2.23. The maximum Gasteiger partial charge on any atom is 0.341 e. The van der Waals surface area contributed by atoms with Crippen LogP contribution in [0.25, 0.3) is 11.1 Å². The molecular weight excluding hydrogens is 536 g/mol. The maximum atomic E-state index is 12.9. The third-order valence-corrected chi connectivity index (χ3v) is 7.99. The van der Waals surface area contributed by atoms with Gasteiger partial charge in [-0.05, 0) is 61.7 Å². The molecule has 0 fully saturated rings. The lowest BCUT2D eigenvalue weighted by molar-refractivity contribution is -0.113. The van der Waals surface area contributed by atoms with Crippen LogP contribution in [0.3, 0.4) is 0 Å². The van der Waals surface area contributed by atoms with E-state index in [0.717, 1.165) is 16.9 Å². The molecule has 9 nitrogen and oxygen atoms in total. The first-order valence-corrected chi connectivity index (χ1v) is 14.1. The average molecular weight is 567 g/mol. The largest absolute Gasteiger partial charge is 0.497 e. The zero-order valence-electron chi connectivity index (χ0n) is 22.4. The number of aromatic nitrogens is 3. The van der Waals surface area contributed by atoms with E-state index in [1.54, 1.807) is 7.11 Å². The number of ether oxygens (including phenoxy) is 3. The number of esters is 1. The molecule has 1 N–H and O–H groups in total. The minimum atomic E-state index is -0.524. The number of benzene rings is 2. The van der Waals surface area contributed by atoms with Crippen molar-refractivity contribution in [2.24, 2.45) is 0 Å². The lowest BCUT2D eigenvalue weighted by Gasteiger charge is -2.10. The van der Waals surface area contributed by atoms with Crippen molar-refractivity contribution in [1.82, 2.24) is 14.8 Å². The Balaban J connectivity index is 1.42. The number of thioether (sulfide) groups is 1. The molecule has 2 aromatic carbocycles. The Kier molecular flexibility index (Phi) is 9.26. The van der Waals surface area contributed by atoms with Crippen LogP contribution in [0.1, 0.15) is 34.2 Å². The summed E-state index contributed by atoms with van der Waals surface area (Å²) in [6.45, 7) is 6.98. The lowest BCUT2D eigenvalue weighted by Crippen LogP contribution is -2.16. The summed E-state index contributed by atoms with van der Waals surface area (Å²) in [6.07, 6.45) is 0. The van der Waals surface area contributed by atoms with Crippen LogP contribution in [-0.4, -0.2) is 46.6 Å². The standard InChI is InChI=1S/C28H30N4O5S2/c1-6-32-23(14-37-21-10-7-17(2)18(3)13-21)30-31-28(32)39-16-24(33)29-26-25(27(34)36-5)22(15-38-26)19-8-11-20(35-4)12-9-19/h7-13,15H,6,14,16H2,1-5H3,(H,29,33). The number of nitrogens with zero attached hydrogens (tertiary/aromatic N) is 3. The van der Waals surface area contributed by atoms with Crippen molar-refractivity contribution in [3.05, 3.63) is 70.4 Å². The Labute approximate surface area is 235 Å². The molecule has 0 aliphatic carbocycles. The SMILES string of the molecule is CCn1c(COc2ccc(C)c(C)c2)nnc1SCC(=O)Nc1scc(-c2ccc(OC)cc2)c1C(=O)OC. The summed E-state index contributed by atoms with van der Waals surface area (Å²) < 4.78 is 18.1. The number of carbonyl (C=O) groups is 2. The Morgan fingerprint density at radius 3 is 2.44 bits per heavy atom. The predicted molar refractivity (Wildman–Crippen MR) is 153 cm³/mol. The number of anilines is 1. The van der Waals surface area contributed by atoms with Gasteiger partial charge in [0.15, 0.2) is 11.0 Å². The molecule has 0 saturated carbocycles. The molecule has 39 heavy (non-hydrogen) atoms. The first kappa shape index (κ1) is 28.2. The van der Waals surface area contributed by atoms with Crippen LogP contribution in [0.4, 0.5) is 5.00 Å². The predicted octanol–water partition coefficient (Wildman–Crippen LogP) is 5.75. The third-order valence-electron chi connectivity index (χ3n) is 6.12. The van der Waals surface area contributed by atoms with Gasteiger partial charge in [-0.15, -0.1) is 21.5 Å². The Hall–Kier alpha value is -3.83. The smallest absolute Gasteiger partial charge is 0.341 e. The number of aryl methyl sites for hydroxylation is 2. The molecule has 0 spiro atoms. The van der Waals surface area contributed by atoms with Crippen molar-refractivity contribution in [2.45, 2.75) is 39.1 Å². The van der Waals surface area contributed by atoms with Gasteiger partial charge in [-0.25, -0.2) is 4.79 Å². The van der Waals surface area contributed by atoms with Crippen LogP contribution in [0.2, 0.25) is 0 Å². The highest BCUT2D eigenvalue weighted by atomic mass is 32.2. The molecule has 0 bridgehead atoms. The van der Waals surface area contributed by atoms with Crippen molar-refractivity contribution in [3.8, 4) is 22.6 Å². The molecule has 2 heterocycles. The summed E-state index contributed by atoms with van der Waals surface area (Å²) in [6, 6.07) is 13.3. The average Bonchev–Trinajstić information content (AvgIpc) is 3.55. The zero-order chi connectivity index (χ0) is 27.9. The monoisotopic (exact) mass is 566 g/mol. The molecular formula is C28H30N4O5S2. The van der Waals surface area contributed by atoms with E-state index in [4.69, 9.17) is 14.2 Å². The molecule has 0 unspecified atom stereocenters. The number of thiophene rings is 1. The topological polar surface area (TPSA) is 105 Å². The summed E-state index contributed by atoms with van der Waals surface area (Å²) in [5.41, 5.74) is 4.16. The molecule has 204 valence electrons. The van der Waals surface area contributed by atoms with Crippen molar-refractivity contribution < 1.29 is 23.8 Å². The maximum absolute atomic E-state index is 12.9. The molecule has 0 aliphatic rings. The highest BCUT2D eigenvalue weighted by Crippen LogP contribution is 2.37. The van der Waals surface area contributed by atoms with Crippen LogP contribution in [0, 0.1) is 13.8 Å². The summed E-state index contributed by atoms with van der Waals surface area (Å²) in [5, 5.41) is 14.3. The second-order valence-corrected chi connectivity index (χ2v) is 10.4. The molecule has 1 amide bonds.